The summed E-state index contributed by atoms with van der Waals surface area (Å²) in [7, 11) is 3.23. The molecule has 1 aliphatic rings. The molecule has 1 N–H and O–H groups in total. The molecule has 2 radical (unpaired) electrons. The highest BCUT2D eigenvalue weighted by Gasteiger charge is 2.41. The molecule has 0 saturated carbocycles. The van der Waals surface area contributed by atoms with E-state index in [0.717, 1.165) is 5.56 Å². The molecular weight excluding hydrogens is 499 g/mol. The van der Waals surface area contributed by atoms with Gasteiger partial charge in [0.2, 0.25) is 7.85 Å². The number of hydrogen-bond acceptors (Lipinski definition) is 6. The molecule has 1 aliphatic heterocycles. The first-order valence-corrected chi connectivity index (χ1v) is 15.6. The number of hydrogen-bond donors (Lipinski definition) is 1. The minimum atomic E-state index is -2.35. The molecule has 1 fully saturated rings. The van der Waals surface area contributed by atoms with Crippen LogP contribution in [0, 0.1) is 0 Å². The summed E-state index contributed by atoms with van der Waals surface area (Å²) in [5.41, 5.74) is 1.81. The number of hydroxylamine groups is 2. The van der Waals surface area contributed by atoms with Crippen molar-refractivity contribution in [2.24, 2.45) is 0 Å². The van der Waals surface area contributed by atoms with Crippen molar-refractivity contribution in [3.63, 3.8) is 0 Å². The Balaban J connectivity index is 1.97. The second kappa shape index (κ2) is 12.1. The summed E-state index contributed by atoms with van der Waals surface area (Å²) in [4.78, 5) is 54.3. The number of nitrogens with zero attached hydrogens (tertiary/aromatic N) is 1. The van der Waals surface area contributed by atoms with Crippen LogP contribution in [0.1, 0.15) is 55.1 Å². The van der Waals surface area contributed by atoms with E-state index in [1.807, 2.05) is 30.3 Å². The molecule has 0 aliphatic carbocycles. The maximum atomic E-state index is 13.1. The topological polar surface area (TPSA) is 102 Å². The van der Waals surface area contributed by atoms with Crippen LogP contribution in [0.25, 0.3) is 0 Å². The van der Waals surface area contributed by atoms with Crippen LogP contribution in [-0.4, -0.2) is 57.0 Å². The van der Waals surface area contributed by atoms with Crippen LogP contribution < -0.4 is 5.32 Å². The zero-order valence-electron chi connectivity index (χ0n) is 22.7. The smallest absolute Gasteiger partial charge is 0.364 e. The Morgan fingerprint density at radius 2 is 1.55 bits per heavy atom. The van der Waals surface area contributed by atoms with Gasteiger partial charge in [0.25, 0.3) is 11.8 Å². The minimum absolute atomic E-state index is 0.0101. The Labute approximate surface area is 226 Å². The highest BCUT2D eigenvalue weighted by atomic mass is 28.4. The van der Waals surface area contributed by atoms with E-state index in [1.54, 1.807) is 24.3 Å². The highest BCUT2D eigenvalue weighted by molar-refractivity contribution is 6.74. The molecule has 3 amide bonds. The normalized spacial score (nSPS) is 15.8. The van der Waals surface area contributed by atoms with Gasteiger partial charge >= 0.3 is 5.97 Å². The van der Waals surface area contributed by atoms with Gasteiger partial charge in [0, 0.05) is 19.3 Å². The molecule has 38 heavy (non-hydrogen) atoms. The zero-order chi connectivity index (χ0) is 28.1. The van der Waals surface area contributed by atoms with Crippen molar-refractivity contribution < 1.29 is 28.4 Å². The number of carbonyl (C=O) groups excluding carboxylic acids is 4. The van der Waals surface area contributed by atoms with E-state index in [2.05, 4.69) is 39.2 Å². The van der Waals surface area contributed by atoms with E-state index in [9.17, 15) is 19.2 Å². The standard InChI is InChI=1S/C28H35BN2O6Si/c1-28(2,3)38(4,5)37-23(22(30-27(29)35)17-19-11-7-6-8-12-19)18-20-13-9-10-14-21(20)26(34)36-31-24(32)15-16-25(31)33/h6-14,22-23H,15-18H2,1-5H3,(H,30,35). The fraction of sp³-hybridized carbons (Fsp3) is 0.429. The van der Waals surface area contributed by atoms with Gasteiger partial charge in [-0.25, -0.2) is 4.79 Å². The molecule has 2 aromatic rings. The Hall–Kier alpha value is -3.24. The van der Waals surface area contributed by atoms with Gasteiger partial charge in [-0.3, -0.25) is 14.4 Å². The van der Waals surface area contributed by atoms with Crippen molar-refractivity contribution >= 4 is 39.8 Å². The Morgan fingerprint density at radius 3 is 2.13 bits per heavy atom. The first-order chi connectivity index (χ1) is 17.8. The van der Waals surface area contributed by atoms with Gasteiger partial charge in [-0.15, -0.1) is 5.06 Å². The number of rotatable bonds is 10. The molecule has 2 unspecified atom stereocenters. The van der Waals surface area contributed by atoms with Crippen LogP contribution in [0.5, 0.6) is 0 Å². The van der Waals surface area contributed by atoms with Crippen molar-refractivity contribution in [3.05, 3.63) is 71.3 Å². The molecule has 0 bridgehead atoms. The zero-order valence-corrected chi connectivity index (χ0v) is 23.7. The lowest BCUT2D eigenvalue weighted by molar-refractivity contribution is -0.172. The average molecular weight is 534 g/mol. The molecular formula is C28H35BN2O6Si. The van der Waals surface area contributed by atoms with Crippen molar-refractivity contribution in [2.75, 3.05) is 0 Å². The van der Waals surface area contributed by atoms with Gasteiger partial charge in [0.15, 0.2) is 14.1 Å². The summed E-state index contributed by atoms with van der Waals surface area (Å²) < 4.78 is 6.84. The predicted molar refractivity (Wildman–Crippen MR) is 147 cm³/mol. The monoisotopic (exact) mass is 534 g/mol. The Bertz CT molecular complexity index is 1170. The van der Waals surface area contributed by atoms with E-state index in [-0.39, 0.29) is 29.9 Å². The molecule has 10 heteroatoms. The molecule has 2 aromatic carbocycles. The van der Waals surface area contributed by atoms with Gasteiger partial charge in [-0.1, -0.05) is 69.3 Å². The van der Waals surface area contributed by atoms with E-state index in [0.29, 0.717) is 17.0 Å². The van der Waals surface area contributed by atoms with Gasteiger partial charge < -0.3 is 14.6 Å². The average Bonchev–Trinajstić information content (AvgIpc) is 3.15. The fourth-order valence-corrected chi connectivity index (χ4v) is 5.41. The van der Waals surface area contributed by atoms with E-state index < -0.39 is 44.1 Å². The molecule has 2 atom stereocenters. The van der Waals surface area contributed by atoms with Gasteiger partial charge in [-0.05, 0) is 41.7 Å². The molecule has 0 spiro atoms. The predicted octanol–water partition coefficient (Wildman–Crippen LogP) is 4.33. The molecule has 8 nitrogen and oxygen atoms in total. The Morgan fingerprint density at radius 1 is 0.974 bits per heavy atom. The lowest BCUT2D eigenvalue weighted by Gasteiger charge is -2.42. The van der Waals surface area contributed by atoms with Crippen molar-refractivity contribution in [2.45, 2.75) is 76.7 Å². The third-order valence-corrected chi connectivity index (χ3v) is 11.7. The van der Waals surface area contributed by atoms with Crippen LogP contribution in [0.15, 0.2) is 54.6 Å². The SMILES string of the molecule is [B]C(=O)NC(Cc1ccccc1)C(Cc1ccccc1C(=O)ON1C(=O)CCC1=O)O[Si](C)(C)C(C)(C)C. The van der Waals surface area contributed by atoms with Crippen LogP contribution >= 0.6 is 0 Å². The fourth-order valence-electron chi connectivity index (χ4n) is 4.05. The maximum Gasteiger partial charge on any atom is 0.364 e. The molecule has 200 valence electrons. The van der Waals surface area contributed by atoms with E-state index in [1.165, 1.54) is 0 Å². The maximum absolute atomic E-state index is 13.1. The van der Waals surface area contributed by atoms with Crippen LogP contribution in [-0.2, 0) is 31.7 Å². The second-order valence-electron chi connectivity index (χ2n) is 11.0. The largest absolute Gasteiger partial charge is 0.411 e. The summed E-state index contributed by atoms with van der Waals surface area (Å²) in [6.45, 7) is 10.6. The van der Waals surface area contributed by atoms with Gasteiger partial charge in [0.05, 0.1) is 17.7 Å². The third-order valence-electron chi connectivity index (χ3n) is 7.17. The number of imide groups is 1. The van der Waals surface area contributed by atoms with Crippen molar-refractivity contribution in [1.82, 2.24) is 10.4 Å². The van der Waals surface area contributed by atoms with Crippen molar-refractivity contribution in [1.29, 1.82) is 0 Å². The van der Waals surface area contributed by atoms with E-state index in [4.69, 9.17) is 17.1 Å². The number of carbonyl (C=O) groups is 4. The second-order valence-corrected chi connectivity index (χ2v) is 15.8. The minimum Gasteiger partial charge on any atom is -0.411 e. The summed E-state index contributed by atoms with van der Waals surface area (Å²) in [5, 5.41) is 3.28. The van der Waals surface area contributed by atoms with Gasteiger partial charge in [0.1, 0.15) is 0 Å². The molecule has 3 rings (SSSR count). The van der Waals surface area contributed by atoms with E-state index >= 15 is 0 Å². The number of benzene rings is 2. The summed E-state index contributed by atoms with van der Waals surface area (Å²) in [5.74, 6) is -2.58. The lowest BCUT2D eigenvalue weighted by atomic mass is 9.93. The summed E-state index contributed by atoms with van der Waals surface area (Å²) in [6.07, 6.45) is 0.212. The Kier molecular flexibility index (Phi) is 9.32. The quantitative estimate of drug-likeness (QED) is 0.360. The lowest BCUT2D eigenvalue weighted by Crippen LogP contribution is -2.53. The number of amides is 3. The van der Waals surface area contributed by atoms with Crippen LogP contribution in [0.2, 0.25) is 18.1 Å². The molecule has 1 heterocycles. The summed E-state index contributed by atoms with van der Waals surface area (Å²) >= 11 is 0. The molecule has 0 aromatic heterocycles. The first kappa shape index (κ1) is 29.3. The molecule has 1 saturated heterocycles. The van der Waals surface area contributed by atoms with Gasteiger partial charge in [-0.2, -0.15) is 0 Å². The first-order valence-electron chi connectivity index (χ1n) is 12.7. The highest BCUT2D eigenvalue weighted by Crippen LogP contribution is 2.38. The van der Waals surface area contributed by atoms with Crippen LogP contribution in [0.4, 0.5) is 4.79 Å². The number of nitrogens with one attached hydrogen (secondary N) is 1. The summed E-state index contributed by atoms with van der Waals surface area (Å²) in [6, 6.07) is 16.0. The van der Waals surface area contributed by atoms with Crippen LogP contribution in [0.3, 0.4) is 0 Å². The van der Waals surface area contributed by atoms with Crippen molar-refractivity contribution in [3.8, 4) is 0 Å². The third kappa shape index (κ3) is 7.42.